The Kier molecular flexibility index (Phi) is 3.38. The first-order chi connectivity index (χ1) is 7.12. The van der Waals surface area contributed by atoms with Crippen LogP contribution in [0.3, 0.4) is 0 Å². The maximum Gasteiger partial charge on any atom is 0.286 e. The zero-order valence-corrected chi connectivity index (χ0v) is 10.6. The summed E-state index contributed by atoms with van der Waals surface area (Å²) in [6.45, 7) is 2.53. The van der Waals surface area contributed by atoms with E-state index in [0.717, 1.165) is 6.92 Å². The van der Waals surface area contributed by atoms with Gasteiger partial charge in [-0.3, -0.25) is 9.19 Å². The van der Waals surface area contributed by atoms with Crippen molar-refractivity contribution in [1.29, 1.82) is 0 Å². The van der Waals surface area contributed by atoms with E-state index in [1.807, 2.05) is 0 Å². The van der Waals surface area contributed by atoms with E-state index in [4.69, 9.17) is 0 Å². The van der Waals surface area contributed by atoms with Crippen molar-refractivity contribution in [1.82, 2.24) is 4.98 Å². The number of pyridine rings is 1. The summed E-state index contributed by atoms with van der Waals surface area (Å²) < 4.78 is 37.5. The van der Waals surface area contributed by atoms with Gasteiger partial charge in [0.05, 0.1) is 0 Å². The highest BCUT2D eigenvalue weighted by molar-refractivity contribution is 8.01. The Balaban J connectivity index is 3.21. The van der Waals surface area contributed by atoms with Crippen LogP contribution in [0, 0.1) is 0 Å². The molecule has 0 aromatic carbocycles. The molecule has 0 bridgehead atoms. The molecule has 0 aliphatic carbocycles. The minimum Gasteiger partial charge on any atom is -0.268 e. The predicted molar refractivity (Wildman–Crippen MR) is 63.6 cm³/mol. The van der Waals surface area contributed by atoms with Crippen LogP contribution in [0.15, 0.2) is 18.3 Å². The van der Waals surface area contributed by atoms with Gasteiger partial charge in [0.2, 0.25) is 0 Å². The van der Waals surface area contributed by atoms with Crippen molar-refractivity contribution in [3.63, 3.8) is 0 Å². The largest absolute Gasteiger partial charge is 0.286 e. The first-order valence-electron chi connectivity index (χ1n) is 4.75. The van der Waals surface area contributed by atoms with E-state index in [9.17, 15) is 13.0 Å². The number of alkyl halides is 2. The number of rotatable bonds is 2. The highest BCUT2D eigenvalue weighted by Crippen LogP contribution is 2.24. The van der Waals surface area contributed by atoms with Gasteiger partial charge in [-0.25, -0.2) is 0 Å². The summed E-state index contributed by atoms with van der Waals surface area (Å²) in [5.41, 5.74) is 0.366. The number of halogens is 2. The molecule has 16 heavy (non-hydrogen) atoms. The van der Waals surface area contributed by atoms with Crippen LogP contribution in [-0.4, -0.2) is 26.6 Å². The van der Waals surface area contributed by atoms with E-state index in [1.54, 1.807) is 19.4 Å². The molecule has 0 atom stereocenters. The van der Waals surface area contributed by atoms with E-state index < -0.39 is 15.4 Å². The quantitative estimate of drug-likeness (QED) is 0.593. The molecule has 0 radical (unpaired) electrons. The summed E-state index contributed by atoms with van der Waals surface area (Å²) in [5.74, 6) is -2.94. The molecule has 0 saturated heterocycles. The van der Waals surface area contributed by atoms with Gasteiger partial charge in [-0.05, 0) is 22.5 Å². The van der Waals surface area contributed by atoms with Gasteiger partial charge in [0.25, 0.3) is 5.92 Å². The van der Waals surface area contributed by atoms with Gasteiger partial charge >= 0.3 is 0 Å². The normalized spacial score (nSPS) is 12.6. The molecule has 1 heterocycles. The Labute approximate surface area is 94.7 Å². The van der Waals surface area contributed by atoms with Crippen molar-refractivity contribution in [3.8, 4) is 0 Å². The fraction of sp³-hybridized carbons (Fsp3) is 0.455. The molecule has 0 fully saturated rings. The number of aromatic nitrogens is 1. The predicted octanol–water partition coefficient (Wildman–Crippen LogP) is 2.28. The van der Waals surface area contributed by atoms with Crippen molar-refractivity contribution < 1.29 is 13.0 Å². The second-order valence-corrected chi connectivity index (χ2v) is 7.19. The molecule has 1 aromatic heterocycles. The molecular weight excluding hydrogens is 232 g/mol. The molecule has 0 unspecified atom stereocenters. The molecular formula is C11H15F2NOS. The number of hydrogen-bond acceptors (Lipinski definition) is 2. The van der Waals surface area contributed by atoms with Crippen molar-refractivity contribution in [2.45, 2.75) is 19.8 Å². The first kappa shape index (κ1) is 13.1. The highest BCUT2D eigenvalue weighted by Gasteiger charge is 2.25. The maximum atomic E-state index is 12.9. The lowest BCUT2D eigenvalue weighted by atomic mass is 10.2. The molecule has 90 valence electrons. The molecule has 0 aliphatic heterocycles. The average molecular weight is 247 g/mol. The Bertz CT molecular complexity index is 486. The third-order valence-electron chi connectivity index (χ3n) is 2.36. The molecule has 0 aliphatic rings. The monoisotopic (exact) mass is 247 g/mol. The molecule has 0 N–H and O–H groups in total. The topological polar surface area (TPSA) is 30.0 Å². The van der Waals surface area contributed by atoms with Gasteiger partial charge < -0.3 is 0 Å². The summed E-state index contributed by atoms with van der Waals surface area (Å²) in [5, 5.41) is 0. The van der Waals surface area contributed by atoms with Crippen LogP contribution >= 0.6 is 0 Å². The van der Waals surface area contributed by atoms with Crippen molar-refractivity contribution >= 4 is 14.4 Å². The van der Waals surface area contributed by atoms with Crippen molar-refractivity contribution in [2.24, 2.45) is 0 Å². The van der Waals surface area contributed by atoms with E-state index in [1.165, 1.54) is 18.3 Å². The van der Waals surface area contributed by atoms with Crippen LogP contribution in [0.2, 0.25) is 0 Å². The average Bonchev–Trinajstić information content (AvgIpc) is 2.14. The lowest BCUT2D eigenvalue weighted by Gasteiger charge is -2.10. The Morgan fingerprint density at radius 1 is 1.38 bits per heavy atom. The van der Waals surface area contributed by atoms with E-state index in [0.29, 0.717) is 10.4 Å². The molecule has 1 aromatic rings. The second-order valence-electron chi connectivity index (χ2n) is 4.11. The van der Waals surface area contributed by atoms with Crippen LogP contribution in [0.5, 0.6) is 0 Å². The molecule has 0 spiro atoms. The molecule has 5 heteroatoms. The summed E-state index contributed by atoms with van der Waals surface area (Å²) in [6.07, 6.45) is 4.57. The number of hydrogen-bond donors (Lipinski definition) is 0. The lowest BCUT2D eigenvalue weighted by Crippen LogP contribution is -2.13. The fourth-order valence-electron chi connectivity index (χ4n) is 1.15. The standard InChI is InChI=1S/C11H15F2NOS/c1-8(16(3,4)15)9-5-6-10(14-7-9)11(2,12)13/h5-7H,1-4H3. The molecule has 0 amide bonds. The Morgan fingerprint density at radius 2 is 1.94 bits per heavy atom. The van der Waals surface area contributed by atoms with Gasteiger partial charge in [0.1, 0.15) is 5.69 Å². The third kappa shape index (κ3) is 3.01. The Morgan fingerprint density at radius 3 is 2.25 bits per heavy atom. The van der Waals surface area contributed by atoms with E-state index >= 15 is 0 Å². The van der Waals surface area contributed by atoms with Crippen LogP contribution in [0.1, 0.15) is 25.1 Å². The SMILES string of the molecule is CC(c1ccc(C(C)(F)F)nc1)=S(C)(C)=O. The van der Waals surface area contributed by atoms with Crippen molar-refractivity contribution in [2.75, 3.05) is 12.5 Å². The first-order valence-corrected chi connectivity index (χ1v) is 7.12. The third-order valence-corrected chi connectivity index (χ3v) is 4.07. The van der Waals surface area contributed by atoms with Crippen LogP contribution in [-0.2, 0) is 15.4 Å². The second kappa shape index (κ2) is 4.13. The zero-order valence-electron chi connectivity index (χ0n) is 9.75. The maximum absolute atomic E-state index is 12.9. The molecule has 0 saturated carbocycles. The van der Waals surface area contributed by atoms with Gasteiger partial charge in [-0.2, -0.15) is 8.78 Å². The van der Waals surface area contributed by atoms with Crippen LogP contribution in [0.25, 0.3) is 0 Å². The molecule has 2 nitrogen and oxygen atoms in total. The highest BCUT2D eigenvalue weighted by atomic mass is 32.2. The zero-order chi connectivity index (χ0) is 12.6. The summed E-state index contributed by atoms with van der Waals surface area (Å²) in [7, 11) is -2.07. The van der Waals surface area contributed by atoms with Gasteiger partial charge in [0, 0.05) is 36.1 Å². The number of nitrogens with zero attached hydrogens (tertiary/aromatic N) is 1. The summed E-state index contributed by atoms with van der Waals surface area (Å²) in [4.78, 5) is 4.36. The summed E-state index contributed by atoms with van der Waals surface area (Å²) in [6, 6.07) is 2.80. The van der Waals surface area contributed by atoms with E-state index in [2.05, 4.69) is 4.98 Å². The van der Waals surface area contributed by atoms with Crippen molar-refractivity contribution in [3.05, 3.63) is 29.6 Å². The van der Waals surface area contributed by atoms with Gasteiger partial charge in [0.15, 0.2) is 0 Å². The Hall–Kier alpha value is -0.970. The van der Waals surface area contributed by atoms with Crippen LogP contribution < -0.4 is 0 Å². The molecule has 1 rings (SSSR count). The minimum absolute atomic E-state index is 0.275. The summed E-state index contributed by atoms with van der Waals surface area (Å²) >= 11 is 0. The van der Waals surface area contributed by atoms with E-state index in [-0.39, 0.29) is 5.69 Å². The smallest absolute Gasteiger partial charge is 0.268 e. The fourth-order valence-corrected chi connectivity index (χ4v) is 1.83. The lowest BCUT2D eigenvalue weighted by molar-refractivity contribution is 0.0127. The van der Waals surface area contributed by atoms with Crippen LogP contribution in [0.4, 0.5) is 8.78 Å². The minimum atomic E-state index is -2.94. The van der Waals surface area contributed by atoms with Gasteiger partial charge in [-0.1, -0.05) is 6.07 Å². The van der Waals surface area contributed by atoms with Gasteiger partial charge in [-0.15, -0.1) is 0 Å².